The van der Waals surface area contributed by atoms with Crippen molar-refractivity contribution in [2.24, 2.45) is 0 Å². The Balaban J connectivity index is 2.73. The van der Waals surface area contributed by atoms with Gasteiger partial charge in [-0.3, -0.25) is 0 Å². The highest BCUT2D eigenvalue weighted by Gasteiger charge is 2.33. The standard InChI is InChI=1S/C9H11F3/c1-2-7-3-5-8(6-4-7)9(10,11)12/h3,5H,2,4,6H2,1H3. The molecule has 0 nitrogen and oxygen atoms in total. The molecular weight excluding hydrogens is 165 g/mol. The second-order valence-electron chi connectivity index (χ2n) is 2.87. The molecule has 0 unspecified atom stereocenters. The monoisotopic (exact) mass is 176 g/mol. The van der Waals surface area contributed by atoms with E-state index in [0.717, 1.165) is 12.0 Å². The molecule has 3 heteroatoms. The molecule has 0 N–H and O–H groups in total. The van der Waals surface area contributed by atoms with Gasteiger partial charge in [0.25, 0.3) is 0 Å². The molecule has 0 aromatic heterocycles. The summed E-state index contributed by atoms with van der Waals surface area (Å²) in [4.78, 5) is 0. The van der Waals surface area contributed by atoms with Crippen LogP contribution in [0.4, 0.5) is 13.2 Å². The molecule has 0 bridgehead atoms. The third-order valence-corrected chi connectivity index (χ3v) is 2.05. The summed E-state index contributed by atoms with van der Waals surface area (Å²) < 4.78 is 36.2. The summed E-state index contributed by atoms with van der Waals surface area (Å²) in [6, 6.07) is 0. The Labute approximate surface area is 69.8 Å². The smallest absolute Gasteiger partial charge is 0.166 e. The van der Waals surface area contributed by atoms with Gasteiger partial charge in [0.2, 0.25) is 0 Å². The maximum absolute atomic E-state index is 12.1. The second kappa shape index (κ2) is 3.33. The van der Waals surface area contributed by atoms with Crippen LogP contribution in [-0.2, 0) is 0 Å². The third-order valence-electron chi connectivity index (χ3n) is 2.05. The Morgan fingerprint density at radius 1 is 1.25 bits per heavy atom. The first kappa shape index (κ1) is 9.36. The van der Waals surface area contributed by atoms with Crippen molar-refractivity contribution in [3.05, 3.63) is 23.3 Å². The lowest BCUT2D eigenvalue weighted by Crippen LogP contribution is -2.13. The topological polar surface area (TPSA) is 0 Å². The van der Waals surface area contributed by atoms with Crippen LogP contribution in [-0.4, -0.2) is 6.18 Å². The SMILES string of the molecule is CCC1=CC=C(C(F)(F)F)CC1. The summed E-state index contributed by atoms with van der Waals surface area (Å²) in [7, 11) is 0. The van der Waals surface area contributed by atoms with Crippen LogP contribution in [0.5, 0.6) is 0 Å². The van der Waals surface area contributed by atoms with E-state index in [0.29, 0.717) is 6.42 Å². The zero-order valence-corrected chi connectivity index (χ0v) is 6.91. The molecule has 0 radical (unpaired) electrons. The Bertz CT molecular complexity index is 220. The van der Waals surface area contributed by atoms with Crippen molar-refractivity contribution in [1.82, 2.24) is 0 Å². The average molecular weight is 176 g/mol. The van der Waals surface area contributed by atoms with Gasteiger partial charge in [-0.05, 0) is 19.3 Å². The lowest BCUT2D eigenvalue weighted by molar-refractivity contribution is -0.0941. The lowest BCUT2D eigenvalue weighted by atomic mass is 9.97. The third kappa shape index (κ3) is 2.13. The Kier molecular flexibility index (Phi) is 2.60. The summed E-state index contributed by atoms with van der Waals surface area (Å²) in [5.41, 5.74) is 0.697. The van der Waals surface area contributed by atoms with Gasteiger partial charge in [-0.15, -0.1) is 0 Å². The number of hydrogen-bond donors (Lipinski definition) is 0. The number of allylic oxidation sites excluding steroid dienone is 4. The first-order valence-corrected chi connectivity index (χ1v) is 4.00. The lowest BCUT2D eigenvalue weighted by Gasteiger charge is -2.15. The van der Waals surface area contributed by atoms with Gasteiger partial charge in [-0.1, -0.05) is 24.6 Å². The summed E-state index contributed by atoms with van der Waals surface area (Å²) in [5.74, 6) is 0. The molecular formula is C9H11F3. The van der Waals surface area contributed by atoms with Crippen molar-refractivity contribution in [3.8, 4) is 0 Å². The van der Waals surface area contributed by atoms with Gasteiger partial charge in [0.05, 0.1) is 0 Å². The van der Waals surface area contributed by atoms with Crippen molar-refractivity contribution in [2.75, 3.05) is 0 Å². The molecule has 1 aliphatic carbocycles. The van der Waals surface area contributed by atoms with Crippen LogP contribution in [0.15, 0.2) is 23.3 Å². The van der Waals surface area contributed by atoms with Crippen LogP contribution >= 0.6 is 0 Å². The number of halogens is 3. The minimum atomic E-state index is -4.13. The molecule has 0 spiro atoms. The second-order valence-corrected chi connectivity index (χ2v) is 2.87. The first-order valence-electron chi connectivity index (χ1n) is 4.00. The molecule has 0 heterocycles. The fourth-order valence-electron chi connectivity index (χ4n) is 1.21. The first-order chi connectivity index (χ1) is 5.54. The molecule has 0 atom stereocenters. The highest BCUT2D eigenvalue weighted by Crippen LogP contribution is 2.33. The number of alkyl halides is 3. The van der Waals surface area contributed by atoms with E-state index in [1.807, 2.05) is 6.92 Å². The van der Waals surface area contributed by atoms with E-state index in [1.165, 1.54) is 6.08 Å². The molecule has 68 valence electrons. The van der Waals surface area contributed by atoms with Gasteiger partial charge in [0.1, 0.15) is 0 Å². The van der Waals surface area contributed by atoms with Crippen LogP contribution in [0, 0.1) is 0 Å². The van der Waals surface area contributed by atoms with E-state index >= 15 is 0 Å². The van der Waals surface area contributed by atoms with Gasteiger partial charge >= 0.3 is 6.18 Å². The van der Waals surface area contributed by atoms with Gasteiger partial charge in [0, 0.05) is 5.57 Å². The Hall–Kier alpha value is -0.730. The van der Waals surface area contributed by atoms with Crippen molar-refractivity contribution >= 4 is 0 Å². The minimum absolute atomic E-state index is 0.142. The minimum Gasteiger partial charge on any atom is -0.166 e. The highest BCUT2D eigenvalue weighted by molar-refractivity contribution is 5.26. The van der Waals surface area contributed by atoms with E-state index in [1.54, 1.807) is 6.08 Å². The van der Waals surface area contributed by atoms with Crippen LogP contribution in [0.1, 0.15) is 26.2 Å². The summed E-state index contributed by atoms with van der Waals surface area (Å²) >= 11 is 0. The van der Waals surface area contributed by atoms with Gasteiger partial charge in [0.15, 0.2) is 0 Å². The van der Waals surface area contributed by atoms with E-state index in [-0.39, 0.29) is 6.42 Å². The van der Waals surface area contributed by atoms with Crippen molar-refractivity contribution < 1.29 is 13.2 Å². The molecule has 0 saturated carbocycles. The van der Waals surface area contributed by atoms with Crippen molar-refractivity contribution in [2.45, 2.75) is 32.4 Å². The molecule has 0 amide bonds. The Morgan fingerprint density at radius 3 is 2.25 bits per heavy atom. The van der Waals surface area contributed by atoms with E-state index in [9.17, 15) is 13.2 Å². The molecule has 12 heavy (non-hydrogen) atoms. The predicted octanol–water partition coefficient (Wildman–Crippen LogP) is 3.61. The summed E-state index contributed by atoms with van der Waals surface area (Å²) in [5, 5.41) is 0. The largest absolute Gasteiger partial charge is 0.412 e. The molecule has 0 saturated heterocycles. The fourth-order valence-corrected chi connectivity index (χ4v) is 1.21. The summed E-state index contributed by atoms with van der Waals surface area (Å²) in [6.45, 7) is 1.96. The molecule has 0 aromatic rings. The maximum Gasteiger partial charge on any atom is 0.412 e. The van der Waals surface area contributed by atoms with Crippen molar-refractivity contribution in [1.29, 1.82) is 0 Å². The summed E-state index contributed by atoms with van der Waals surface area (Å²) in [6.07, 6.45) is 0.205. The number of hydrogen-bond acceptors (Lipinski definition) is 0. The predicted molar refractivity (Wildman–Crippen MR) is 41.7 cm³/mol. The fraction of sp³-hybridized carbons (Fsp3) is 0.556. The van der Waals surface area contributed by atoms with Crippen molar-refractivity contribution in [3.63, 3.8) is 0 Å². The Morgan fingerprint density at radius 2 is 1.92 bits per heavy atom. The molecule has 0 aromatic carbocycles. The normalized spacial score (nSPS) is 18.7. The molecule has 1 aliphatic rings. The van der Waals surface area contributed by atoms with E-state index in [2.05, 4.69) is 0 Å². The van der Waals surface area contributed by atoms with Crippen LogP contribution in [0.25, 0.3) is 0 Å². The molecule has 1 rings (SSSR count). The zero-order valence-electron chi connectivity index (χ0n) is 6.91. The highest BCUT2D eigenvalue weighted by atomic mass is 19.4. The van der Waals surface area contributed by atoms with Crippen LogP contribution in [0.2, 0.25) is 0 Å². The average Bonchev–Trinajstić information content (AvgIpc) is 2.03. The maximum atomic E-state index is 12.1. The van der Waals surface area contributed by atoms with Crippen LogP contribution in [0.3, 0.4) is 0 Å². The number of rotatable bonds is 1. The van der Waals surface area contributed by atoms with Crippen LogP contribution < -0.4 is 0 Å². The van der Waals surface area contributed by atoms with E-state index in [4.69, 9.17) is 0 Å². The van der Waals surface area contributed by atoms with Gasteiger partial charge in [-0.2, -0.15) is 13.2 Å². The van der Waals surface area contributed by atoms with Gasteiger partial charge < -0.3 is 0 Å². The molecule has 0 fully saturated rings. The zero-order chi connectivity index (χ0) is 9.19. The van der Waals surface area contributed by atoms with E-state index < -0.39 is 11.7 Å². The van der Waals surface area contributed by atoms with Gasteiger partial charge in [-0.25, -0.2) is 0 Å². The molecule has 0 aliphatic heterocycles. The quantitative estimate of drug-likeness (QED) is 0.572.